The summed E-state index contributed by atoms with van der Waals surface area (Å²) < 4.78 is 16.8. The van der Waals surface area contributed by atoms with Crippen molar-refractivity contribution in [2.75, 3.05) is 26.1 Å². The third-order valence-corrected chi connectivity index (χ3v) is 6.84. The van der Waals surface area contributed by atoms with E-state index in [-0.39, 0.29) is 17.6 Å². The minimum absolute atomic E-state index is 0.160. The quantitative estimate of drug-likeness (QED) is 0.389. The number of carbonyl (C=O) groups is 2. The van der Waals surface area contributed by atoms with Crippen LogP contribution >= 0.6 is 11.3 Å². The fourth-order valence-electron chi connectivity index (χ4n) is 4.17. The van der Waals surface area contributed by atoms with Crippen molar-refractivity contribution >= 4 is 28.8 Å². The summed E-state index contributed by atoms with van der Waals surface area (Å²) in [5.41, 5.74) is 3.60. The number of thiophene rings is 1. The topological polar surface area (TPSA) is 81.0 Å². The van der Waals surface area contributed by atoms with E-state index in [9.17, 15) is 9.59 Å². The largest absolute Gasteiger partial charge is 0.493 e. The number of nitrogens with one attached hydrogen (secondary N) is 1. The smallest absolute Gasteiger partial charge is 0.289 e. The molecule has 0 saturated carbocycles. The number of amides is 2. The van der Waals surface area contributed by atoms with Crippen LogP contribution in [0.25, 0.3) is 11.3 Å². The Kier molecular flexibility index (Phi) is 6.29. The number of hydrogen-bond acceptors (Lipinski definition) is 6. The summed E-state index contributed by atoms with van der Waals surface area (Å²) in [4.78, 5) is 28.0. The maximum absolute atomic E-state index is 13.2. The van der Waals surface area contributed by atoms with Gasteiger partial charge in [-0.15, -0.1) is 11.3 Å². The van der Waals surface area contributed by atoms with Crippen molar-refractivity contribution in [2.45, 2.75) is 13.0 Å². The van der Waals surface area contributed by atoms with E-state index in [4.69, 9.17) is 13.9 Å². The van der Waals surface area contributed by atoms with Gasteiger partial charge in [0.25, 0.3) is 11.8 Å². The Morgan fingerprint density at radius 2 is 1.77 bits per heavy atom. The zero-order valence-corrected chi connectivity index (χ0v) is 20.2. The van der Waals surface area contributed by atoms with E-state index < -0.39 is 0 Å². The molecule has 2 aromatic heterocycles. The predicted molar refractivity (Wildman–Crippen MR) is 134 cm³/mol. The number of hydrogen-bond donors (Lipinski definition) is 1. The number of methoxy groups -OCH3 is 2. The summed E-state index contributed by atoms with van der Waals surface area (Å²) in [6.45, 7) is 1.05. The molecule has 0 atom stereocenters. The minimum Gasteiger partial charge on any atom is -0.493 e. The molecule has 8 heteroatoms. The van der Waals surface area contributed by atoms with Gasteiger partial charge in [-0.1, -0.05) is 18.2 Å². The van der Waals surface area contributed by atoms with E-state index in [1.165, 1.54) is 11.3 Å². The highest BCUT2D eigenvalue weighted by Gasteiger charge is 2.26. The molecule has 0 spiro atoms. The van der Waals surface area contributed by atoms with Crippen LogP contribution in [0.2, 0.25) is 0 Å². The fraction of sp³-hybridized carbons (Fsp3) is 0.185. The number of rotatable bonds is 6. The second kappa shape index (κ2) is 9.68. The van der Waals surface area contributed by atoms with Crippen molar-refractivity contribution in [2.24, 2.45) is 0 Å². The SMILES string of the molecule is COc1cc2c(cc1OC)CN(C(=O)c1ccc(-c3cccc(NC(=O)c4cccs4)c3)o1)CC2. The van der Waals surface area contributed by atoms with Crippen molar-refractivity contribution in [1.29, 1.82) is 0 Å². The average Bonchev–Trinajstić information content (AvgIpc) is 3.60. The van der Waals surface area contributed by atoms with E-state index in [1.807, 2.05) is 47.8 Å². The highest BCUT2D eigenvalue weighted by molar-refractivity contribution is 7.12. The molecule has 5 rings (SSSR count). The van der Waals surface area contributed by atoms with Crippen molar-refractivity contribution in [3.8, 4) is 22.8 Å². The van der Waals surface area contributed by atoms with Crippen LogP contribution in [-0.4, -0.2) is 37.5 Å². The molecule has 1 aliphatic rings. The second-order valence-electron chi connectivity index (χ2n) is 8.13. The lowest BCUT2D eigenvalue weighted by Gasteiger charge is -2.29. The van der Waals surface area contributed by atoms with Crippen LogP contribution in [0.15, 0.2) is 70.5 Å². The van der Waals surface area contributed by atoms with Crippen LogP contribution < -0.4 is 14.8 Å². The molecule has 1 aliphatic heterocycles. The van der Waals surface area contributed by atoms with Gasteiger partial charge in [0.1, 0.15) is 5.76 Å². The molecule has 0 fully saturated rings. The summed E-state index contributed by atoms with van der Waals surface area (Å²) in [5, 5.41) is 4.76. The lowest BCUT2D eigenvalue weighted by atomic mass is 9.98. The highest BCUT2D eigenvalue weighted by atomic mass is 32.1. The fourth-order valence-corrected chi connectivity index (χ4v) is 4.79. The van der Waals surface area contributed by atoms with Crippen molar-refractivity contribution in [3.05, 3.63) is 87.8 Å². The van der Waals surface area contributed by atoms with Crippen LogP contribution in [-0.2, 0) is 13.0 Å². The zero-order chi connectivity index (χ0) is 24.4. The monoisotopic (exact) mass is 488 g/mol. The third kappa shape index (κ3) is 4.65. The minimum atomic E-state index is -0.168. The molecular formula is C27H24N2O5S. The Labute approximate surface area is 206 Å². The van der Waals surface area contributed by atoms with E-state index in [0.29, 0.717) is 40.9 Å². The normalized spacial score (nSPS) is 12.7. The molecule has 35 heavy (non-hydrogen) atoms. The van der Waals surface area contributed by atoms with Crippen molar-refractivity contribution in [3.63, 3.8) is 0 Å². The van der Waals surface area contributed by atoms with Gasteiger partial charge in [0.05, 0.1) is 19.1 Å². The van der Waals surface area contributed by atoms with E-state index in [2.05, 4.69) is 5.32 Å². The molecule has 0 unspecified atom stereocenters. The molecule has 0 radical (unpaired) electrons. The molecule has 1 N–H and O–H groups in total. The van der Waals surface area contributed by atoms with E-state index >= 15 is 0 Å². The molecule has 178 valence electrons. The summed E-state index contributed by atoms with van der Waals surface area (Å²) in [7, 11) is 3.22. The maximum atomic E-state index is 13.2. The molecule has 4 aromatic rings. The van der Waals surface area contributed by atoms with Gasteiger partial charge >= 0.3 is 0 Å². The van der Waals surface area contributed by atoms with Gasteiger partial charge in [0.2, 0.25) is 0 Å². The first-order valence-corrected chi connectivity index (χ1v) is 12.0. The van der Waals surface area contributed by atoms with Crippen LogP contribution in [0.5, 0.6) is 11.5 Å². The van der Waals surface area contributed by atoms with Gasteiger partial charge in [-0.2, -0.15) is 0 Å². The third-order valence-electron chi connectivity index (χ3n) is 5.97. The lowest BCUT2D eigenvalue weighted by Crippen LogP contribution is -2.35. The van der Waals surface area contributed by atoms with Crippen LogP contribution in [0.1, 0.15) is 31.4 Å². The van der Waals surface area contributed by atoms with Crippen molar-refractivity contribution < 1.29 is 23.5 Å². The van der Waals surface area contributed by atoms with Gasteiger partial charge in [0, 0.05) is 24.3 Å². The maximum Gasteiger partial charge on any atom is 0.289 e. The van der Waals surface area contributed by atoms with E-state index in [0.717, 1.165) is 23.1 Å². The van der Waals surface area contributed by atoms with Gasteiger partial charge in [-0.3, -0.25) is 9.59 Å². The molecule has 0 saturated heterocycles. The molecule has 0 aliphatic carbocycles. The van der Waals surface area contributed by atoms with Crippen LogP contribution in [0.4, 0.5) is 5.69 Å². The number of anilines is 1. The number of furan rings is 1. The Morgan fingerprint density at radius 1 is 0.971 bits per heavy atom. The standard InChI is InChI=1S/C27H24N2O5S/c1-32-23-14-17-10-11-29(16-19(17)15-24(23)33-2)27(31)22-9-8-21(34-22)18-5-3-6-20(13-18)28-26(30)25-7-4-12-35-25/h3-9,12-15H,10-11,16H2,1-2H3,(H,28,30). The van der Waals surface area contributed by atoms with Gasteiger partial charge in [-0.05, 0) is 65.4 Å². The molecule has 7 nitrogen and oxygen atoms in total. The molecular weight excluding hydrogens is 464 g/mol. The highest BCUT2D eigenvalue weighted by Crippen LogP contribution is 2.34. The number of nitrogens with zero attached hydrogens (tertiary/aromatic N) is 1. The number of carbonyl (C=O) groups excluding carboxylic acids is 2. The molecule has 3 heterocycles. The molecule has 2 amide bonds. The van der Waals surface area contributed by atoms with Gasteiger partial charge < -0.3 is 24.1 Å². The number of ether oxygens (including phenoxy) is 2. The number of benzene rings is 2. The predicted octanol–water partition coefficient (Wildman–Crippen LogP) is 5.48. The Hall–Kier alpha value is -4.04. The Morgan fingerprint density at radius 3 is 2.51 bits per heavy atom. The number of fused-ring (bicyclic) bond motifs is 1. The first kappa shape index (κ1) is 22.7. The first-order chi connectivity index (χ1) is 17.1. The zero-order valence-electron chi connectivity index (χ0n) is 19.4. The Balaban J connectivity index is 1.31. The van der Waals surface area contributed by atoms with Crippen molar-refractivity contribution in [1.82, 2.24) is 4.90 Å². The van der Waals surface area contributed by atoms with Crippen LogP contribution in [0, 0.1) is 0 Å². The van der Waals surface area contributed by atoms with E-state index in [1.54, 1.807) is 37.3 Å². The molecule has 2 aromatic carbocycles. The lowest BCUT2D eigenvalue weighted by molar-refractivity contribution is 0.0703. The van der Waals surface area contributed by atoms with Crippen LogP contribution in [0.3, 0.4) is 0 Å². The van der Waals surface area contributed by atoms with Gasteiger partial charge in [-0.25, -0.2) is 0 Å². The second-order valence-corrected chi connectivity index (χ2v) is 9.08. The molecule has 0 bridgehead atoms. The summed E-state index contributed by atoms with van der Waals surface area (Å²) >= 11 is 1.38. The Bertz CT molecular complexity index is 1380. The average molecular weight is 489 g/mol. The summed E-state index contributed by atoms with van der Waals surface area (Å²) in [5.74, 6) is 1.84. The summed E-state index contributed by atoms with van der Waals surface area (Å²) in [6, 6.07) is 18.4. The first-order valence-electron chi connectivity index (χ1n) is 11.1. The summed E-state index contributed by atoms with van der Waals surface area (Å²) in [6.07, 6.45) is 0.723. The van der Waals surface area contributed by atoms with Gasteiger partial charge in [0.15, 0.2) is 17.3 Å².